The van der Waals surface area contributed by atoms with E-state index in [4.69, 9.17) is 11.6 Å². The number of carbonyl (C=O) groups is 2. The second-order valence-corrected chi connectivity index (χ2v) is 8.81. The van der Waals surface area contributed by atoms with Crippen molar-refractivity contribution in [3.05, 3.63) is 130 Å². The Labute approximate surface area is 226 Å². The van der Waals surface area contributed by atoms with Crippen molar-refractivity contribution in [1.29, 1.82) is 0 Å². The molecule has 0 fully saturated rings. The zero-order chi connectivity index (χ0) is 26.9. The Bertz CT molecular complexity index is 1500. The van der Waals surface area contributed by atoms with Gasteiger partial charge in [-0.15, -0.1) is 0 Å². The van der Waals surface area contributed by atoms with Crippen LogP contribution in [-0.2, 0) is 0 Å². The van der Waals surface area contributed by atoms with Crippen LogP contribution in [0.2, 0.25) is 5.02 Å². The van der Waals surface area contributed by atoms with Crippen molar-refractivity contribution in [3.63, 3.8) is 0 Å². The van der Waals surface area contributed by atoms with Gasteiger partial charge in [-0.05, 0) is 55.3 Å². The van der Waals surface area contributed by atoms with Crippen LogP contribution in [-0.4, -0.2) is 23.2 Å². The highest BCUT2D eigenvalue weighted by Gasteiger charge is 2.16. The average Bonchev–Trinajstić information content (AvgIpc) is 2.95. The Morgan fingerprint density at radius 2 is 1.08 bits per heavy atom. The van der Waals surface area contributed by atoms with Gasteiger partial charge in [0.2, 0.25) is 0 Å². The third-order valence-electron chi connectivity index (χ3n) is 5.70. The molecule has 0 radical (unpaired) electrons. The fraction of sp³-hybridized carbons (Fsp3) is 0.0667. The smallest absolute Gasteiger partial charge is 0.273 e. The van der Waals surface area contributed by atoms with Crippen LogP contribution in [0, 0.1) is 0 Å². The van der Waals surface area contributed by atoms with Gasteiger partial charge in [-0.1, -0.05) is 84.4 Å². The second kappa shape index (κ2) is 12.5. The zero-order valence-electron chi connectivity index (χ0n) is 20.9. The molecule has 190 valence electrons. The quantitative estimate of drug-likeness (QED) is 0.184. The molecule has 0 heterocycles. The van der Waals surface area contributed by atoms with Crippen LogP contribution in [0.5, 0.6) is 0 Å². The number of nitrogens with one attached hydrogen (secondary N) is 3. The second-order valence-electron chi connectivity index (χ2n) is 8.37. The third kappa shape index (κ3) is 6.72. The molecule has 8 heteroatoms. The molecule has 38 heavy (non-hydrogen) atoms. The predicted molar refractivity (Wildman–Crippen MR) is 153 cm³/mol. The van der Waals surface area contributed by atoms with E-state index in [-0.39, 0.29) is 0 Å². The Morgan fingerprint density at radius 1 is 0.605 bits per heavy atom. The lowest BCUT2D eigenvalue weighted by atomic mass is 10.1. The Balaban J connectivity index is 1.54. The summed E-state index contributed by atoms with van der Waals surface area (Å²) in [6.07, 6.45) is 0. The van der Waals surface area contributed by atoms with Crippen molar-refractivity contribution in [3.8, 4) is 0 Å². The van der Waals surface area contributed by atoms with E-state index in [1.54, 1.807) is 42.5 Å². The number of hydrazone groups is 2. The molecule has 0 aliphatic carbocycles. The summed E-state index contributed by atoms with van der Waals surface area (Å²) >= 11 is 6.24. The number of amides is 2. The maximum absolute atomic E-state index is 13.0. The minimum Gasteiger partial charge on any atom is -0.354 e. The van der Waals surface area contributed by atoms with Gasteiger partial charge in [-0.25, -0.2) is 10.9 Å². The lowest BCUT2D eigenvalue weighted by Crippen LogP contribution is -2.22. The fourth-order valence-electron chi connectivity index (χ4n) is 3.63. The molecule has 2 amide bonds. The Kier molecular flexibility index (Phi) is 8.64. The highest BCUT2D eigenvalue weighted by molar-refractivity contribution is 6.31. The minimum absolute atomic E-state index is 0.312. The van der Waals surface area contributed by atoms with Crippen molar-refractivity contribution in [1.82, 2.24) is 10.9 Å². The van der Waals surface area contributed by atoms with E-state index in [1.165, 1.54) is 0 Å². The predicted octanol–water partition coefficient (Wildman–Crippen LogP) is 6.39. The highest BCUT2D eigenvalue weighted by atomic mass is 35.5. The molecule has 0 aromatic heterocycles. The van der Waals surface area contributed by atoms with Crippen LogP contribution in [0.15, 0.2) is 113 Å². The van der Waals surface area contributed by atoms with Crippen LogP contribution in [0.25, 0.3) is 0 Å². The first-order chi connectivity index (χ1) is 18.4. The minimum atomic E-state index is -0.426. The maximum atomic E-state index is 13.0. The number of benzene rings is 4. The van der Waals surface area contributed by atoms with E-state index in [1.807, 2.05) is 74.5 Å². The molecule has 0 bridgehead atoms. The summed E-state index contributed by atoms with van der Waals surface area (Å²) in [6.45, 7) is 3.63. The van der Waals surface area contributed by atoms with E-state index in [2.05, 4.69) is 26.4 Å². The average molecular weight is 524 g/mol. The number of hydrogen-bond acceptors (Lipinski definition) is 5. The first-order valence-corrected chi connectivity index (χ1v) is 12.3. The van der Waals surface area contributed by atoms with Gasteiger partial charge < -0.3 is 5.32 Å². The van der Waals surface area contributed by atoms with Gasteiger partial charge in [0.05, 0.1) is 33.9 Å². The largest absolute Gasteiger partial charge is 0.354 e. The molecule has 4 aromatic rings. The number of para-hydroxylation sites is 1. The highest BCUT2D eigenvalue weighted by Crippen LogP contribution is 2.27. The van der Waals surface area contributed by atoms with Crippen LogP contribution >= 0.6 is 11.6 Å². The molecule has 0 unspecified atom stereocenters. The van der Waals surface area contributed by atoms with E-state index < -0.39 is 11.8 Å². The molecule has 0 spiro atoms. The van der Waals surface area contributed by atoms with Crippen LogP contribution < -0.4 is 16.2 Å². The van der Waals surface area contributed by atoms with Gasteiger partial charge in [0.1, 0.15) is 0 Å². The van der Waals surface area contributed by atoms with Crippen molar-refractivity contribution in [2.75, 3.05) is 5.32 Å². The Morgan fingerprint density at radius 3 is 1.63 bits per heavy atom. The van der Waals surface area contributed by atoms with Crippen molar-refractivity contribution in [2.45, 2.75) is 13.8 Å². The Hall–Kier alpha value is -4.75. The number of hydrogen-bond donors (Lipinski definition) is 3. The van der Waals surface area contributed by atoms with Gasteiger partial charge in [-0.2, -0.15) is 10.2 Å². The topological polar surface area (TPSA) is 95.0 Å². The lowest BCUT2D eigenvalue weighted by molar-refractivity contribution is 0.0948. The van der Waals surface area contributed by atoms with E-state index in [0.717, 1.165) is 11.1 Å². The molecule has 0 atom stereocenters. The molecule has 7 nitrogen and oxygen atoms in total. The van der Waals surface area contributed by atoms with E-state index in [9.17, 15) is 9.59 Å². The normalized spacial score (nSPS) is 11.6. The molecule has 0 aliphatic rings. The molecular weight excluding hydrogens is 498 g/mol. The van der Waals surface area contributed by atoms with Crippen LogP contribution in [0.4, 0.5) is 11.4 Å². The standard InChI is InChI=1S/C30H26ClN5O2/c1-20(22-11-5-3-6-12-22)33-35-29(37)25-15-9-10-16-27(25)32-28-19-24(31)17-18-26(28)30(38)36-34-21(2)23-13-7-4-8-14-23/h3-19,32H,1-2H3,(H,35,37)(H,36,38)/b33-20+,34-21+. The number of anilines is 2. The monoisotopic (exact) mass is 523 g/mol. The van der Waals surface area contributed by atoms with Crippen molar-refractivity contribution >= 4 is 46.2 Å². The molecule has 4 rings (SSSR count). The lowest BCUT2D eigenvalue weighted by Gasteiger charge is -2.15. The first kappa shape index (κ1) is 26.3. The number of rotatable bonds is 8. The summed E-state index contributed by atoms with van der Waals surface area (Å²) in [7, 11) is 0. The number of nitrogens with zero attached hydrogens (tertiary/aromatic N) is 2. The summed E-state index contributed by atoms with van der Waals surface area (Å²) in [6, 6.07) is 30.9. The molecule has 4 aromatic carbocycles. The first-order valence-electron chi connectivity index (χ1n) is 11.9. The summed E-state index contributed by atoms with van der Waals surface area (Å²) in [5.41, 5.74) is 9.90. The molecular formula is C30H26ClN5O2. The summed E-state index contributed by atoms with van der Waals surface area (Å²) in [5, 5.41) is 12.1. The molecule has 0 saturated carbocycles. The van der Waals surface area contributed by atoms with Crippen molar-refractivity contribution < 1.29 is 9.59 Å². The van der Waals surface area contributed by atoms with Crippen LogP contribution in [0.1, 0.15) is 45.7 Å². The fourth-order valence-corrected chi connectivity index (χ4v) is 3.80. The van der Waals surface area contributed by atoms with Crippen molar-refractivity contribution in [2.24, 2.45) is 10.2 Å². The van der Waals surface area contributed by atoms with Crippen LogP contribution in [0.3, 0.4) is 0 Å². The van der Waals surface area contributed by atoms with Gasteiger partial charge in [0, 0.05) is 5.02 Å². The SMILES string of the molecule is C/C(=N\NC(=O)c1ccccc1Nc1cc(Cl)ccc1C(=O)N/N=C(\C)c1ccccc1)c1ccccc1. The molecule has 0 saturated heterocycles. The van der Waals surface area contributed by atoms with E-state index >= 15 is 0 Å². The summed E-state index contributed by atoms with van der Waals surface area (Å²) < 4.78 is 0. The van der Waals surface area contributed by atoms with Gasteiger partial charge in [-0.3, -0.25) is 9.59 Å². The number of carbonyl (C=O) groups excluding carboxylic acids is 2. The maximum Gasteiger partial charge on any atom is 0.273 e. The van der Waals surface area contributed by atoms with Gasteiger partial charge >= 0.3 is 0 Å². The summed E-state index contributed by atoms with van der Waals surface area (Å²) in [4.78, 5) is 26.0. The van der Waals surface area contributed by atoms with Gasteiger partial charge in [0.25, 0.3) is 11.8 Å². The molecule has 0 aliphatic heterocycles. The number of halogens is 1. The molecule has 3 N–H and O–H groups in total. The third-order valence-corrected chi connectivity index (χ3v) is 5.94. The van der Waals surface area contributed by atoms with Gasteiger partial charge in [0.15, 0.2) is 0 Å². The van der Waals surface area contributed by atoms with E-state index in [0.29, 0.717) is 38.9 Å². The summed E-state index contributed by atoms with van der Waals surface area (Å²) in [5.74, 6) is -0.830. The zero-order valence-corrected chi connectivity index (χ0v) is 21.7.